The largest absolute Gasteiger partial charge is 0.396 e. The lowest BCUT2D eigenvalue weighted by Crippen LogP contribution is -2.15. The van der Waals surface area contributed by atoms with Gasteiger partial charge in [-0.25, -0.2) is 0 Å². The van der Waals surface area contributed by atoms with Crippen molar-refractivity contribution in [3.8, 4) is 0 Å². The zero-order chi connectivity index (χ0) is 11.8. The molecule has 2 atom stereocenters. The molecule has 1 aliphatic rings. The first-order chi connectivity index (χ1) is 7.44. The fourth-order valence-electron chi connectivity index (χ4n) is 1.57. The van der Waals surface area contributed by atoms with Crippen LogP contribution < -0.4 is 5.32 Å². The third kappa shape index (κ3) is 2.70. The molecule has 1 saturated heterocycles. The van der Waals surface area contributed by atoms with Crippen LogP contribution in [-0.4, -0.2) is 34.1 Å². The molecular weight excluding hydrogens is 227 g/mol. The molecule has 5 nitrogen and oxygen atoms in total. The maximum absolute atomic E-state index is 12.0. The molecular formula is C8H10F3N3O2. The summed E-state index contributed by atoms with van der Waals surface area (Å²) in [5.74, 6) is -0.290. The molecule has 2 heterocycles. The van der Waals surface area contributed by atoms with E-state index in [0.29, 0.717) is 13.0 Å². The first-order valence-electron chi connectivity index (χ1n) is 4.75. The number of nitrogens with zero attached hydrogens (tertiary/aromatic N) is 2. The zero-order valence-corrected chi connectivity index (χ0v) is 8.16. The SMILES string of the molecule is OC1CN[C@H](c2nc(CC(F)(F)F)no2)C1. The first kappa shape index (κ1) is 11.3. The van der Waals surface area contributed by atoms with Gasteiger partial charge in [-0.05, 0) is 6.42 Å². The molecule has 0 saturated carbocycles. The number of aliphatic hydroxyl groups is 1. The van der Waals surface area contributed by atoms with Crippen molar-refractivity contribution in [2.24, 2.45) is 0 Å². The Kier molecular flexibility index (Phi) is 2.85. The van der Waals surface area contributed by atoms with E-state index in [-0.39, 0.29) is 17.8 Å². The highest BCUT2D eigenvalue weighted by molar-refractivity contribution is 4.98. The quantitative estimate of drug-likeness (QED) is 0.786. The summed E-state index contributed by atoms with van der Waals surface area (Å²) < 4.78 is 40.7. The Balaban J connectivity index is 2.02. The second-order valence-electron chi connectivity index (χ2n) is 3.69. The smallest absolute Gasteiger partial charge is 0.392 e. The second-order valence-corrected chi connectivity index (χ2v) is 3.69. The summed E-state index contributed by atoms with van der Waals surface area (Å²) >= 11 is 0. The van der Waals surface area contributed by atoms with Crippen molar-refractivity contribution in [2.75, 3.05) is 6.54 Å². The summed E-state index contributed by atoms with van der Waals surface area (Å²) in [6.45, 7) is 0.377. The molecule has 1 aromatic heterocycles. The third-order valence-electron chi connectivity index (χ3n) is 2.25. The molecule has 16 heavy (non-hydrogen) atoms. The van der Waals surface area contributed by atoms with Crippen LogP contribution in [0.5, 0.6) is 0 Å². The molecule has 1 aliphatic heterocycles. The zero-order valence-electron chi connectivity index (χ0n) is 8.16. The summed E-state index contributed by atoms with van der Waals surface area (Å²) in [5, 5.41) is 15.3. The molecule has 8 heteroatoms. The van der Waals surface area contributed by atoms with Crippen molar-refractivity contribution in [1.29, 1.82) is 0 Å². The summed E-state index contributed by atoms with van der Waals surface area (Å²) in [6, 6.07) is -0.357. The number of aliphatic hydroxyl groups excluding tert-OH is 1. The van der Waals surface area contributed by atoms with Crippen LogP contribution in [0.25, 0.3) is 0 Å². The van der Waals surface area contributed by atoms with Crippen LogP contribution in [0.4, 0.5) is 13.2 Å². The third-order valence-corrected chi connectivity index (χ3v) is 2.25. The van der Waals surface area contributed by atoms with Crippen LogP contribution in [0.2, 0.25) is 0 Å². The van der Waals surface area contributed by atoms with Crippen LogP contribution in [0.3, 0.4) is 0 Å². The molecule has 0 aromatic carbocycles. The Labute approximate surface area is 88.6 Å². The highest BCUT2D eigenvalue weighted by Gasteiger charge is 2.33. The van der Waals surface area contributed by atoms with Gasteiger partial charge in [-0.1, -0.05) is 5.16 Å². The van der Waals surface area contributed by atoms with E-state index < -0.39 is 18.7 Å². The summed E-state index contributed by atoms with van der Waals surface area (Å²) in [6.07, 6.45) is -5.70. The number of alkyl halides is 3. The number of halogens is 3. The van der Waals surface area contributed by atoms with Gasteiger partial charge < -0.3 is 14.9 Å². The molecule has 2 rings (SSSR count). The van der Waals surface area contributed by atoms with Gasteiger partial charge in [0.25, 0.3) is 0 Å². The molecule has 1 aromatic rings. The Morgan fingerprint density at radius 1 is 1.50 bits per heavy atom. The van der Waals surface area contributed by atoms with Gasteiger partial charge in [0.2, 0.25) is 5.89 Å². The molecule has 0 amide bonds. The number of rotatable bonds is 2. The summed E-state index contributed by atoms with van der Waals surface area (Å²) in [5.41, 5.74) is 0. The molecule has 2 N–H and O–H groups in total. The predicted octanol–water partition coefficient (Wildman–Crippen LogP) is 0.570. The van der Waals surface area contributed by atoms with E-state index in [1.165, 1.54) is 0 Å². The molecule has 1 fully saturated rings. The van der Waals surface area contributed by atoms with Gasteiger partial charge in [-0.15, -0.1) is 0 Å². The minimum absolute atomic E-state index is 0.0933. The van der Waals surface area contributed by atoms with E-state index in [1.807, 2.05) is 0 Å². The maximum Gasteiger partial charge on any atom is 0.396 e. The summed E-state index contributed by atoms with van der Waals surface area (Å²) in [7, 11) is 0. The van der Waals surface area contributed by atoms with E-state index in [0.717, 1.165) is 0 Å². The highest BCUT2D eigenvalue weighted by Crippen LogP contribution is 2.24. The lowest BCUT2D eigenvalue weighted by Gasteiger charge is -2.02. The van der Waals surface area contributed by atoms with Gasteiger partial charge in [0.1, 0.15) is 6.42 Å². The monoisotopic (exact) mass is 237 g/mol. The molecule has 0 aliphatic carbocycles. The minimum atomic E-state index is -4.34. The molecule has 0 radical (unpaired) electrons. The molecule has 0 bridgehead atoms. The molecule has 1 unspecified atom stereocenters. The standard InChI is InChI=1S/C8H10F3N3O2/c9-8(10,11)2-6-13-7(16-14-6)5-1-4(15)3-12-5/h4-5,12,15H,1-3H2/t4?,5-/m0/s1. The average Bonchev–Trinajstić information content (AvgIpc) is 2.71. The van der Waals surface area contributed by atoms with Gasteiger partial charge in [-0.2, -0.15) is 18.2 Å². The number of aromatic nitrogens is 2. The van der Waals surface area contributed by atoms with Crippen molar-refractivity contribution in [3.05, 3.63) is 11.7 Å². The first-order valence-corrected chi connectivity index (χ1v) is 4.75. The van der Waals surface area contributed by atoms with Crippen molar-refractivity contribution in [3.63, 3.8) is 0 Å². The predicted molar refractivity (Wildman–Crippen MR) is 45.4 cm³/mol. The van der Waals surface area contributed by atoms with Crippen molar-refractivity contribution >= 4 is 0 Å². The Hall–Kier alpha value is -1.15. The lowest BCUT2D eigenvalue weighted by atomic mass is 10.2. The van der Waals surface area contributed by atoms with Gasteiger partial charge >= 0.3 is 6.18 Å². The fraction of sp³-hybridized carbons (Fsp3) is 0.750. The van der Waals surface area contributed by atoms with Gasteiger partial charge in [-0.3, -0.25) is 0 Å². The molecule has 90 valence electrons. The van der Waals surface area contributed by atoms with Gasteiger partial charge in [0, 0.05) is 6.54 Å². The normalized spacial score (nSPS) is 26.2. The van der Waals surface area contributed by atoms with E-state index >= 15 is 0 Å². The number of hydrogen-bond donors (Lipinski definition) is 2. The Morgan fingerprint density at radius 3 is 2.81 bits per heavy atom. The van der Waals surface area contributed by atoms with Crippen LogP contribution in [-0.2, 0) is 6.42 Å². The minimum Gasteiger partial charge on any atom is -0.392 e. The van der Waals surface area contributed by atoms with Crippen LogP contribution in [0.15, 0.2) is 4.52 Å². The average molecular weight is 237 g/mol. The van der Waals surface area contributed by atoms with Crippen molar-refractivity contribution in [2.45, 2.75) is 31.2 Å². The number of nitrogens with one attached hydrogen (secondary N) is 1. The number of β-amino-alcohol motifs (C(OH)–C–C–N with tert-alkyl or cyclic N) is 1. The molecule has 0 spiro atoms. The van der Waals surface area contributed by atoms with Crippen LogP contribution in [0, 0.1) is 0 Å². The summed E-state index contributed by atoms with van der Waals surface area (Å²) in [4.78, 5) is 3.64. The second kappa shape index (κ2) is 4.02. The van der Waals surface area contributed by atoms with Gasteiger partial charge in [0.15, 0.2) is 5.82 Å². The fourth-order valence-corrected chi connectivity index (χ4v) is 1.57. The van der Waals surface area contributed by atoms with Crippen LogP contribution in [0.1, 0.15) is 24.2 Å². The number of hydrogen-bond acceptors (Lipinski definition) is 5. The topological polar surface area (TPSA) is 71.2 Å². The Bertz CT molecular complexity index is 366. The maximum atomic E-state index is 12.0. The van der Waals surface area contributed by atoms with Crippen molar-refractivity contribution in [1.82, 2.24) is 15.5 Å². The lowest BCUT2D eigenvalue weighted by molar-refractivity contribution is -0.128. The van der Waals surface area contributed by atoms with Gasteiger partial charge in [0.05, 0.1) is 12.1 Å². The Morgan fingerprint density at radius 2 is 2.25 bits per heavy atom. The van der Waals surface area contributed by atoms with E-state index in [4.69, 9.17) is 4.52 Å². The van der Waals surface area contributed by atoms with E-state index in [2.05, 4.69) is 15.5 Å². The van der Waals surface area contributed by atoms with Crippen LogP contribution >= 0.6 is 0 Å². The van der Waals surface area contributed by atoms with E-state index in [9.17, 15) is 18.3 Å². The van der Waals surface area contributed by atoms with Crippen molar-refractivity contribution < 1.29 is 22.8 Å². The van der Waals surface area contributed by atoms with E-state index in [1.54, 1.807) is 0 Å². The highest BCUT2D eigenvalue weighted by atomic mass is 19.4.